The highest BCUT2D eigenvalue weighted by Gasteiger charge is 2.50. The first-order valence-corrected chi connectivity index (χ1v) is 23.6. The van der Waals surface area contributed by atoms with Crippen molar-refractivity contribution in [1.29, 1.82) is 0 Å². The Morgan fingerprint density at radius 3 is 1.78 bits per heavy atom. The van der Waals surface area contributed by atoms with Gasteiger partial charge in [0.05, 0.1) is 5.69 Å². The third-order valence-corrected chi connectivity index (χ3v) is 16.0. The molecule has 0 amide bonds. The summed E-state index contributed by atoms with van der Waals surface area (Å²) in [5, 5.41) is 1.40. The van der Waals surface area contributed by atoms with Gasteiger partial charge in [0.15, 0.2) is 0 Å². The minimum Gasteiger partial charge on any atom is -0.311 e. The Bertz CT molecular complexity index is 2670. The van der Waals surface area contributed by atoms with E-state index in [9.17, 15) is 0 Å². The van der Waals surface area contributed by atoms with E-state index in [4.69, 9.17) is 0 Å². The summed E-state index contributed by atoms with van der Waals surface area (Å²) in [7, 11) is 0. The van der Waals surface area contributed by atoms with E-state index < -0.39 is 0 Å². The Kier molecular flexibility index (Phi) is 8.81. The van der Waals surface area contributed by atoms with Crippen LogP contribution in [0.3, 0.4) is 0 Å². The van der Waals surface area contributed by atoms with Crippen molar-refractivity contribution in [2.45, 2.75) is 149 Å². The fraction of sp³-hybridized carbons (Fsp3) is 0.418. The number of hydrogen-bond donors (Lipinski definition) is 0. The number of rotatable bonds is 8. The van der Waals surface area contributed by atoms with Gasteiger partial charge >= 0.3 is 0 Å². The molecule has 0 spiro atoms. The Hall–Kier alpha value is -4.28. The monoisotopic (exact) mass is 794 g/mol. The molecule has 4 aliphatic rings. The quantitative estimate of drug-likeness (QED) is 0.141. The second-order valence-electron chi connectivity index (χ2n) is 21.4. The molecule has 2 aliphatic heterocycles. The zero-order valence-electron chi connectivity index (χ0n) is 37.6. The third kappa shape index (κ3) is 5.93. The van der Waals surface area contributed by atoms with E-state index in [1.165, 1.54) is 125 Å². The summed E-state index contributed by atoms with van der Waals surface area (Å²) in [5.74, 6) is 0. The molecule has 2 aliphatic carbocycles. The summed E-state index contributed by atoms with van der Waals surface area (Å²) in [4.78, 5) is 5.36. The first kappa shape index (κ1) is 38.9. The fourth-order valence-corrected chi connectivity index (χ4v) is 13.8. The van der Waals surface area contributed by atoms with Crippen LogP contribution in [-0.4, -0.2) is 6.71 Å². The van der Waals surface area contributed by atoms with Crippen LogP contribution in [0.5, 0.6) is 0 Å². The maximum absolute atomic E-state index is 2.69. The van der Waals surface area contributed by atoms with E-state index >= 15 is 0 Å². The molecule has 0 atom stereocenters. The Balaban J connectivity index is 1.29. The number of thiophene rings is 1. The van der Waals surface area contributed by atoms with E-state index in [1.54, 1.807) is 0 Å². The average molecular weight is 795 g/mol. The molecule has 0 saturated heterocycles. The lowest BCUT2D eigenvalue weighted by Crippen LogP contribution is -2.60. The fourth-order valence-electron chi connectivity index (χ4n) is 12.5. The molecule has 59 heavy (non-hydrogen) atoms. The van der Waals surface area contributed by atoms with Crippen LogP contribution in [0.4, 0.5) is 34.1 Å². The van der Waals surface area contributed by atoms with Crippen molar-refractivity contribution in [2.75, 3.05) is 9.80 Å². The number of nitrogens with zero attached hydrogens (tertiary/aromatic N) is 2. The highest BCUT2D eigenvalue weighted by Crippen LogP contribution is 2.55. The predicted octanol–water partition coefficient (Wildman–Crippen LogP) is 13.9. The maximum Gasteiger partial charge on any atom is 0.264 e. The molecule has 6 aromatic rings. The molecule has 3 heterocycles. The van der Waals surface area contributed by atoms with Crippen molar-refractivity contribution in [3.05, 3.63) is 124 Å². The minimum absolute atomic E-state index is 0.0891. The van der Waals surface area contributed by atoms with Gasteiger partial charge in [-0.05, 0) is 172 Å². The molecule has 302 valence electrons. The van der Waals surface area contributed by atoms with Crippen LogP contribution in [-0.2, 0) is 34.5 Å². The van der Waals surface area contributed by atoms with Crippen LogP contribution < -0.4 is 25.5 Å². The van der Waals surface area contributed by atoms with Crippen molar-refractivity contribution in [2.24, 2.45) is 0 Å². The summed E-state index contributed by atoms with van der Waals surface area (Å²) >= 11 is 2.04. The molecule has 0 radical (unpaired) electrons. The summed E-state index contributed by atoms with van der Waals surface area (Å²) in [5.41, 5.74) is 21.5. The summed E-state index contributed by atoms with van der Waals surface area (Å²) < 4.78 is 2.87. The van der Waals surface area contributed by atoms with E-state index in [0.29, 0.717) is 0 Å². The normalized spacial score (nSPS) is 18.5. The number of hydrogen-bond acceptors (Lipinski definition) is 3. The van der Waals surface area contributed by atoms with E-state index in [0.717, 1.165) is 25.7 Å². The van der Waals surface area contributed by atoms with Crippen LogP contribution in [0.1, 0.15) is 147 Å². The topological polar surface area (TPSA) is 6.48 Å². The van der Waals surface area contributed by atoms with Gasteiger partial charge in [-0.2, -0.15) is 0 Å². The van der Waals surface area contributed by atoms with Gasteiger partial charge in [-0.1, -0.05) is 112 Å². The Labute approximate surface area is 359 Å². The molecule has 0 saturated carbocycles. The largest absolute Gasteiger partial charge is 0.311 e. The van der Waals surface area contributed by atoms with Gasteiger partial charge in [-0.25, -0.2) is 0 Å². The second kappa shape index (κ2) is 13.4. The first-order valence-electron chi connectivity index (χ1n) is 22.8. The summed E-state index contributed by atoms with van der Waals surface area (Å²) in [6.45, 7) is 26.7. The Morgan fingerprint density at radius 1 is 0.559 bits per heavy atom. The lowest BCUT2D eigenvalue weighted by atomic mass is 9.36. The highest BCUT2D eigenvalue weighted by atomic mass is 32.1. The molecule has 0 fully saturated rings. The maximum atomic E-state index is 2.69. The van der Waals surface area contributed by atoms with Gasteiger partial charge in [-0.3, -0.25) is 0 Å². The van der Waals surface area contributed by atoms with Crippen molar-refractivity contribution in [3.8, 4) is 0 Å². The first-order chi connectivity index (χ1) is 28.0. The number of benzene rings is 5. The second-order valence-corrected chi connectivity index (χ2v) is 22.5. The number of fused-ring (bicyclic) bond motifs is 8. The smallest absolute Gasteiger partial charge is 0.264 e. The van der Waals surface area contributed by atoms with Crippen LogP contribution in [0, 0.1) is 6.92 Å². The highest BCUT2D eigenvalue weighted by molar-refractivity contribution is 7.33. The minimum atomic E-state index is 0.0891. The standard InChI is InChI=1S/C55H63BN2S/c1-12-14-16-35-18-21-37(22-19-35)58-47-27-34(3)26-46-49(47)56(51-50(58)39-28-36(17-15-13-2)20-25-48(39)59-51)44-30-42-43(55(10,11)33-54(42,8)9)31-45(44)57(46)38-23-24-40-41(29-38)53(6,7)32-52(40,4)5/h18-31H,12-17,32-33H2,1-11H3. The molecule has 4 heteroatoms. The molecule has 2 nitrogen and oxygen atoms in total. The molecular weight excluding hydrogens is 731 g/mol. The Morgan fingerprint density at radius 2 is 1.12 bits per heavy atom. The summed E-state index contributed by atoms with van der Waals surface area (Å²) in [6.07, 6.45) is 9.42. The lowest BCUT2D eigenvalue weighted by Gasteiger charge is -2.44. The molecule has 0 unspecified atom stereocenters. The van der Waals surface area contributed by atoms with Gasteiger partial charge < -0.3 is 9.80 Å². The van der Waals surface area contributed by atoms with E-state index in [2.05, 4.69) is 171 Å². The van der Waals surface area contributed by atoms with Crippen molar-refractivity contribution in [1.82, 2.24) is 0 Å². The number of unbranched alkanes of at least 4 members (excludes halogenated alkanes) is 2. The predicted molar refractivity (Wildman–Crippen MR) is 259 cm³/mol. The van der Waals surface area contributed by atoms with Gasteiger partial charge in [-0.15, -0.1) is 11.3 Å². The van der Waals surface area contributed by atoms with Crippen molar-refractivity contribution < 1.29 is 0 Å². The van der Waals surface area contributed by atoms with Gasteiger partial charge in [0.1, 0.15) is 0 Å². The number of aryl methyl sites for hydroxylation is 3. The summed E-state index contributed by atoms with van der Waals surface area (Å²) in [6, 6.07) is 34.8. The third-order valence-electron chi connectivity index (χ3n) is 14.8. The zero-order valence-corrected chi connectivity index (χ0v) is 38.4. The van der Waals surface area contributed by atoms with Crippen LogP contribution in [0.2, 0.25) is 0 Å². The van der Waals surface area contributed by atoms with Crippen molar-refractivity contribution in [3.63, 3.8) is 0 Å². The molecule has 5 aromatic carbocycles. The molecule has 1 aromatic heterocycles. The molecular formula is C55H63BN2S. The average Bonchev–Trinajstić information content (AvgIpc) is 3.71. The van der Waals surface area contributed by atoms with Crippen LogP contribution >= 0.6 is 11.3 Å². The molecule has 0 N–H and O–H groups in total. The number of anilines is 6. The molecule has 10 rings (SSSR count). The van der Waals surface area contributed by atoms with Gasteiger partial charge in [0.25, 0.3) is 6.71 Å². The zero-order chi connectivity index (χ0) is 41.4. The van der Waals surface area contributed by atoms with E-state index in [1.807, 2.05) is 11.3 Å². The van der Waals surface area contributed by atoms with Gasteiger partial charge in [0, 0.05) is 43.3 Å². The van der Waals surface area contributed by atoms with Crippen molar-refractivity contribution >= 4 is 78.0 Å². The lowest BCUT2D eigenvalue weighted by molar-refractivity contribution is 0.403. The van der Waals surface area contributed by atoms with E-state index in [-0.39, 0.29) is 28.4 Å². The van der Waals surface area contributed by atoms with Gasteiger partial charge in [0.2, 0.25) is 0 Å². The van der Waals surface area contributed by atoms with Crippen LogP contribution in [0.15, 0.2) is 84.9 Å². The molecule has 0 bridgehead atoms. The van der Waals surface area contributed by atoms with Crippen LogP contribution in [0.25, 0.3) is 10.1 Å². The SMILES string of the molecule is CCCCc1ccc(N2c3cc(C)cc4c3B(c3cc5c(cc3N4c3ccc4c(c3)C(C)(C)CC4(C)C)C(C)(C)CC5(C)C)c3sc4ccc(CCCC)cc4c32)cc1.